The molecule has 3 heteroatoms. The highest BCUT2D eigenvalue weighted by Crippen LogP contribution is 2.25. The van der Waals surface area contributed by atoms with Gasteiger partial charge in [-0.05, 0) is 19.3 Å². The van der Waals surface area contributed by atoms with Gasteiger partial charge in [0.2, 0.25) is 0 Å². The molecule has 2 atom stereocenters. The third kappa shape index (κ3) is 3.84. The van der Waals surface area contributed by atoms with E-state index in [9.17, 15) is 0 Å². The molecule has 1 unspecified atom stereocenters. The number of unbranched alkanes of at least 4 members (excludes halogenated alkanes) is 1. The number of rotatable bonds is 8. The minimum atomic E-state index is 0.124. The van der Waals surface area contributed by atoms with Crippen LogP contribution in [0.1, 0.15) is 77.1 Å². The van der Waals surface area contributed by atoms with E-state index >= 15 is 0 Å². The molecular formula is C14H27N3. The van der Waals surface area contributed by atoms with E-state index in [-0.39, 0.29) is 6.04 Å². The highest BCUT2D eigenvalue weighted by atomic mass is 15.1. The number of hydrogen-bond acceptors (Lipinski definition) is 2. The Bertz CT molecular complexity index is 306. The van der Waals surface area contributed by atoms with Crippen LogP contribution in [-0.2, 0) is 0 Å². The fourth-order valence-electron chi connectivity index (χ4n) is 2.31. The van der Waals surface area contributed by atoms with Gasteiger partial charge < -0.3 is 10.3 Å². The van der Waals surface area contributed by atoms with Crippen LogP contribution in [0.5, 0.6) is 0 Å². The summed E-state index contributed by atoms with van der Waals surface area (Å²) in [6.45, 7) is 6.62. The standard InChI is InChI=1S/C14H27N3/c1-4-7-9-12(8-5-2)17-11-16-10-14(17)13(15)6-3/h10-13H,4-9,15H2,1-3H3/t12?,13-/m1/s1. The molecule has 0 saturated carbocycles. The minimum absolute atomic E-state index is 0.124. The first kappa shape index (κ1) is 14.2. The van der Waals surface area contributed by atoms with Gasteiger partial charge in [-0.25, -0.2) is 4.98 Å². The van der Waals surface area contributed by atoms with Crippen molar-refractivity contribution in [2.24, 2.45) is 5.73 Å². The molecule has 98 valence electrons. The summed E-state index contributed by atoms with van der Waals surface area (Å²) in [7, 11) is 0. The van der Waals surface area contributed by atoms with Crippen molar-refractivity contribution in [2.75, 3.05) is 0 Å². The van der Waals surface area contributed by atoms with Crippen LogP contribution >= 0.6 is 0 Å². The quantitative estimate of drug-likeness (QED) is 0.747. The van der Waals surface area contributed by atoms with E-state index in [2.05, 4.69) is 30.3 Å². The van der Waals surface area contributed by atoms with Gasteiger partial charge in [0.15, 0.2) is 0 Å². The second-order valence-electron chi connectivity index (χ2n) is 4.83. The molecule has 0 radical (unpaired) electrons. The van der Waals surface area contributed by atoms with E-state index in [1.807, 2.05) is 12.5 Å². The van der Waals surface area contributed by atoms with Gasteiger partial charge in [0.25, 0.3) is 0 Å². The van der Waals surface area contributed by atoms with Gasteiger partial charge in [-0.2, -0.15) is 0 Å². The van der Waals surface area contributed by atoms with Gasteiger partial charge in [0.1, 0.15) is 0 Å². The molecule has 0 bridgehead atoms. The molecule has 0 saturated heterocycles. The van der Waals surface area contributed by atoms with Crippen LogP contribution in [0.15, 0.2) is 12.5 Å². The lowest BCUT2D eigenvalue weighted by Crippen LogP contribution is -2.18. The molecule has 0 amide bonds. The maximum absolute atomic E-state index is 6.14. The molecule has 0 spiro atoms. The molecule has 1 aromatic heterocycles. The van der Waals surface area contributed by atoms with Crippen molar-refractivity contribution in [3.05, 3.63) is 18.2 Å². The molecule has 0 fully saturated rings. The summed E-state index contributed by atoms with van der Waals surface area (Å²) in [5, 5.41) is 0. The monoisotopic (exact) mass is 237 g/mol. The molecule has 0 aliphatic rings. The molecule has 0 aromatic carbocycles. The van der Waals surface area contributed by atoms with E-state index in [1.54, 1.807) is 0 Å². The molecule has 2 N–H and O–H groups in total. The number of aromatic nitrogens is 2. The van der Waals surface area contributed by atoms with Crippen LogP contribution in [0, 0.1) is 0 Å². The third-order valence-electron chi connectivity index (χ3n) is 3.42. The Hall–Kier alpha value is -0.830. The largest absolute Gasteiger partial charge is 0.330 e. The van der Waals surface area contributed by atoms with Gasteiger partial charge in [0.05, 0.1) is 12.0 Å². The van der Waals surface area contributed by atoms with Crippen LogP contribution in [-0.4, -0.2) is 9.55 Å². The summed E-state index contributed by atoms with van der Waals surface area (Å²) < 4.78 is 2.31. The SMILES string of the molecule is CCCCC(CCC)n1cncc1[C@H](N)CC. The highest BCUT2D eigenvalue weighted by Gasteiger charge is 2.16. The zero-order valence-corrected chi connectivity index (χ0v) is 11.5. The van der Waals surface area contributed by atoms with Gasteiger partial charge in [-0.3, -0.25) is 0 Å². The fraction of sp³-hybridized carbons (Fsp3) is 0.786. The smallest absolute Gasteiger partial charge is 0.0951 e. The maximum atomic E-state index is 6.14. The van der Waals surface area contributed by atoms with Crippen molar-refractivity contribution in [2.45, 2.75) is 71.4 Å². The predicted molar refractivity (Wildman–Crippen MR) is 72.9 cm³/mol. The van der Waals surface area contributed by atoms with Crippen molar-refractivity contribution in [1.82, 2.24) is 9.55 Å². The lowest BCUT2D eigenvalue weighted by Gasteiger charge is -2.22. The Morgan fingerprint density at radius 1 is 1.24 bits per heavy atom. The molecule has 1 rings (SSSR count). The number of nitrogens with two attached hydrogens (primary N) is 1. The van der Waals surface area contributed by atoms with Crippen molar-refractivity contribution < 1.29 is 0 Å². The first-order valence-corrected chi connectivity index (χ1v) is 7.01. The molecule has 1 heterocycles. The normalized spacial score (nSPS) is 14.8. The van der Waals surface area contributed by atoms with Crippen molar-refractivity contribution >= 4 is 0 Å². The number of nitrogens with zero attached hydrogens (tertiary/aromatic N) is 2. The van der Waals surface area contributed by atoms with Crippen LogP contribution in [0.4, 0.5) is 0 Å². The Kier molecular flexibility index (Phi) is 6.27. The Labute approximate surface area is 105 Å². The van der Waals surface area contributed by atoms with Gasteiger partial charge in [0, 0.05) is 18.3 Å². The first-order valence-electron chi connectivity index (χ1n) is 7.01. The first-order chi connectivity index (χ1) is 8.24. The molecule has 17 heavy (non-hydrogen) atoms. The summed E-state index contributed by atoms with van der Waals surface area (Å²) in [6, 6.07) is 0.702. The highest BCUT2D eigenvalue weighted by molar-refractivity contribution is 5.05. The summed E-state index contributed by atoms with van der Waals surface area (Å²) in [5.41, 5.74) is 7.34. The Morgan fingerprint density at radius 3 is 2.59 bits per heavy atom. The summed E-state index contributed by atoms with van der Waals surface area (Å²) >= 11 is 0. The second kappa shape index (κ2) is 7.49. The fourth-order valence-corrected chi connectivity index (χ4v) is 2.31. The Morgan fingerprint density at radius 2 is 2.00 bits per heavy atom. The summed E-state index contributed by atoms with van der Waals surface area (Å²) in [6.07, 6.45) is 11.1. The molecular weight excluding hydrogens is 210 g/mol. The molecule has 3 nitrogen and oxygen atoms in total. The summed E-state index contributed by atoms with van der Waals surface area (Å²) in [5.74, 6) is 0. The third-order valence-corrected chi connectivity index (χ3v) is 3.42. The van der Waals surface area contributed by atoms with Crippen molar-refractivity contribution in [3.8, 4) is 0 Å². The molecule has 0 aliphatic heterocycles. The zero-order chi connectivity index (χ0) is 12.7. The predicted octanol–water partition coefficient (Wildman–Crippen LogP) is 3.82. The van der Waals surface area contributed by atoms with E-state index in [1.165, 1.54) is 37.8 Å². The van der Waals surface area contributed by atoms with E-state index in [0.717, 1.165) is 6.42 Å². The van der Waals surface area contributed by atoms with E-state index in [0.29, 0.717) is 6.04 Å². The topological polar surface area (TPSA) is 43.8 Å². The van der Waals surface area contributed by atoms with E-state index in [4.69, 9.17) is 5.73 Å². The molecule has 0 aliphatic carbocycles. The zero-order valence-electron chi connectivity index (χ0n) is 11.5. The number of hydrogen-bond donors (Lipinski definition) is 1. The summed E-state index contributed by atoms with van der Waals surface area (Å²) in [4.78, 5) is 4.29. The minimum Gasteiger partial charge on any atom is -0.330 e. The van der Waals surface area contributed by atoms with Crippen LogP contribution in [0.3, 0.4) is 0 Å². The van der Waals surface area contributed by atoms with Gasteiger partial charge in [-0.1, -0.05) is 40.0 Å². The molecule has 1 aromatic rings. The lowest BCUT2D eigenvalue weighted by atomic mass is 10.0. The average molecular weight is 237 g/mol. The van der Waals surface area contributed by atoms with Gasteiger partial charge >= 0.3 is 0 Å². The van der Waals surface area contributed by atoms with E-state index < -0.39 is 0 Å². The van der Waals surface area contributed by atoms with Crippen molar-refractivity contribution in [1.29, 1.82) is 0 Å². The second-order valence-corrected chi connectivity index (χ2v) is 4.83. The number of imidazole rings is 1. The lowest BCUT2D eigenvalue weighted by molar-refractivity contribution is 0.398. The van der Waals surface area contributed by atoms with Crippen LogP contribution in [0.2, 0.25) is 0 Å². The van der Waals surface area contributed by atoms with Crippen molar-refractivity contribution in [3.63, 3.8) is 0 Å². The van der Waals surface area contributed by atoms with Crippen LogP contribution < -0.4 is 5.73 Å². The van der Waals surface area contributed by atoms with Gasteiger partial charge in [-0.15, -0.1) is 0 Å². The van der Waals surface area contributed by atoms with Crippen LogP contribution in [0.25, 0.3) is 0 Å². The Balaban J connectivity index is 2.81. The maximum Gasteiger partial charge on any atom is 0.0951 e. The average Bonchev–Trinajstić information content (AvgIpc) is 2.82.